The van der Waals surface area contributed by atoms with Crippen molar-refractivity contribution in [3.63, 3.8) is 0 Å². The highest BCUT2D eigenvalue weighted by Crippen LogP contribution is 2.24. The summed E-state index contributed by atoms with van der Waals surface area (Å²) in [5.41, 5.74) is 0.314. The van der Waals surface area contributed by atoms with Crippen LogP contribution < -0.4 is 10.1 Å². The first kappa shape index (κ1) is 16.4. The van der Waals surface area contributed by atoms with Crippen molar-refractivity contribution >= 4 is 5.91 Å². The first-order valence-electron chi connectivity index (χ1n) is 7.60. The normalized spacial score (nSPS) is 18.0. The molecule has 1 fully saturated rings. The molecule has 1 aromatic heterocycles. The van der Waals surface area contributed by atoms with E-state index in [1.807, 2.05) is 17.8 Å². The summed E-state index contributed by atoms with van der Waals surface area (Å²) in [6.45, 7) is -1.16. The fraction of sp³-hybridized carbons (Fsp3) is 0.375. The van der Waals surface area contributed by atoms with Crippen LogP contribution in [-0.4, -0.2) is 46.6 Å². The molecular weight excluding hydrogens is 318 g/mol. The second-order valence-electron chi connectivity index (χ2n) is 5.52. The van der Waals surface area contributed by atoms with Gasteiger partial charge in [0.05, 0.1) is 0 Å². The number of carbonyl (C=O) groups is 1. The van der Waals surface area contributed by atoms with Gasteiger partial charge in [-0.25, -0.2) is 4.98 Å². The topological polar surface area (TPSA) is 59.4 Å². The molecule has 0 saturated carbocycles. The number of carbonyl (C=O) groups excluding carboxylic acids is 1. The Hall–Kier alpha value is -2.48. The Kier molecular flexibility index (Phi) is 4.75. The summed E-state index contributed by atoms with van der Waals surface area (Å²) in [5.74, 6) is 0.513. The minimum absolute atomic E-state index is 0.0282. The maximum Gasteiger partial charge on any atom is 0.387 e. The number of imidazole rings is 1. The zero-order chi connectivity index (χ0) is 17.1. The Morgan fingerprint density at radius 1 is 1.46 bits per heavy atom. The summed E-state index contributed by atoms with van der Waals surface area (Å²) in [6.07, 6.45) is 3.51. The summed E-state index contributed by atoms with van der Waals surface area (Å²) in [6, 6.07) is 5.65. The second kappa shape index (κ2) is 6.96. The second-order valence-corrected chi connectivity index (χ2v) is 5.52. The lowest BCUT2D eigenvalue weighted by Crippen LogP contribution is -2.49. The van der Waals surface area contributed by atoms with Crippen LogP contribution in [0.25, 0.3) is 0 Å². The van der Waals surface area contributed by atoms with Crippen LogP contribution in [0.2, 0.25) is 0 Å². The van der Waals surface area contributed by atoms with E-state index < -0.39 is 6.61 Å². The van der Waals surface area contributed by atoms with Crippen molar-refractivity contribution in [3.05, 3.63) is 48.0 Å². The van der Waals surface area contributed by atoms with Gasteiger partial charge in [-0.15, -0.1) is 0 Å². The number of amides is 1. The minimum Gasteiger partial charge on any atom is -0.435 e. The van der Waals surface area contributed by atoms with Crippen molar-refractivity contribution in [1.82, 2.24) is 19.8 Å². The standard InChI is InChI=1S/C16H18F2N4O2/c1-21-7-6-20-14(21)13-10-19-5-8-22(13)15(23)11-3-2-4-12(9-11)24-16(17)18/h2-4,6-7,9,13,16,19H,5,8,10H2,1H3. The van der Waals surface area contributed by atoms with E-state index in [0.717, 1.165) is 5.82 Å². The molecule has 1 N–H and O–H groups in total. The summed E-state index contributed by atoms with van der Waals surface area (Å²) >= 11 is 0. The van der Waals surface area contributed by atoms with Crippen molar-refractivity contribution in [3.8, 4) is 5.75 Å². The smallest absolute Gasteiger partial charge is 0.387 e. The first-order chi connectivity index (χ1) is 11.6. The van der Waals surface area contributed by atoms with Gasteiger partial charge in [-0.05, 0) is 18.2 Å². The molecule has 1 aliphatic heterocycles. The number of aryl methyl sites for hydroxylation is 1. The van der Waals surface area contributed by atoms with Crippen molar-refractivity contribution in [1.29, 1.82) is 0 Å². The van der Waals surface area contributed by atoms with Crippen LogP contribution in [-0.2, 0) is 7.05 Å². The molecule has 0 aliphatic carbocycles. The van der Waals surface area contributed by atoms with Gasteiger partial charge in [-0.3, -0.25) is 4.79 Å². The molecule has 2 aromatic rings. The summed E-state index contributed by atoms with van der Waals surface area (Å²) in [5, 5.41) is 3.25. The van der Waals surface area contributed by atoms with E-state index in [-0.39, 0.29) is 17.7 Å². The highest BCUT2D eigenvalue weighted by molar-refractivity contribution is 5.95. The first-order valence-corrected chi connectivity index (χ1v) is 7.60. The van der Waals surface area contributed by atoms with Crippen LogP contribution in [0.4, 0.5) is 8.78 Å². The van der Waals surface area contributed by atoms with E-state index in [0.29, 0.717) is 25.2 Å². The molecular formula is C16H18F2N4O2. The molecule has 3 rings (SSSR count). The van der Waals surface area contributed by atoms with Crippen LogP contribution in [0.15, 0.2) is 36.7 Å². The molecule has 1 aromatic carbocycles. The fourth-order valence-corrected chi connectivity index (χ4v) is 2.85. The molecule has 0 bridgehead atoms. The van der Waals surface area contributed by atoms with Crippen LogP contribution in [0.3, 0.4) is 0 Å². The number of hydrogen-bond acceptors (Lipinski definition) is 4. The third kappa shape index (κ3) is 3.38. The fourth-order valence-electron chi connectivity index (χ4n) is 2.85. The number of halogens is 2. The molecule has 1 unspecified atom stereocenters. The SMILES string of the molecule is Cn1ccnc1C1CNCCN1C(=O)c1cccc(OC(F)F)c1. The molecule has 0 radical (unpaired) electrons. The predicted molar refractivity (Wildman–Crippen MR) is 82.9 cm³/mol. The number of hydrogen-bond donors (Lipinski definition) is 1. The maximum atomic E-state index is 12.9. The number of nitrogens with zero attached hydrogens (tertiary/aromatic N) is 3. The van der Waals surface area contributed by atoms with Gasteiger partial charge >= 0.3 is 6.61 Å². The number of rotatable bonds is 4. The van der Waals surface area contributed by atoms with Gasteiger partial charge in [0.2, 0.25) is 0 Å². The molecule has 1 atom stereocenters. The number of piperazine rings is 1. The Morgan fingerprint density at radius 2 is 2.29 bits per heavy atom. The average Bonchev–Trinajstić information content (AvgIpc) is 3.00. The van der Waals surface area contributed by atoms with Crippen molar-refractivity contribution < 1.29 is 18.3 Å². The Bertz CT molecular complexity index is 720. The van der Waals surface area contributed by atoms with E-state index in [1.54, 1.807) is 17.2 Å². The van der Waals surface area contributed by atoms with E-state index in [1.165, 1.54) is 18.2 Å². The van der Waals surface area contributed by atoms with Crippen molar-refractivity contribution in [2.45, 2.75) is 12.7 Å². The number of nitrogens with one attached hydrogen (secondary N) is 1. The molecule has 128 valence electrons. The maximum absolute atomic E-state index is 12.9. The monoisotopic (exact) mass is 336 g/mol. The van der Waals surface area contributed by atoms with E-state index in [2.05, 4.69) is 15.0 Å². The van der Waals surface area contributed by atoms with Gasteiger partial charge in [-0.2, -0.15) is 8.78 Å². The molecule has 2 heterocycles. The molecule has 6 nitrogen and oxygen atoms in total. The Labute approximate surface area is 138 Å². The molecule has 1 amide bonds. The molecule has 8 heteroatoms. The third-order valence-electron chi connectivity index (χ3n) is 3.97. The zero-order valence-electron chi connectivity index (χ0n) is 13.2. The summed E-state index contributed by atoms with van der Waals surface area (Å²) in [7, 11) is 1.87. The van der Waals surface area contributed by atoms with Crippen LogP contribution >= 0.6 is 0 Å². The van der Waals surface area contributed by atoms with Gasteiger partial charge in [0.1, 0.15) is 17.6 Å². The average molecular weight is 336 g/mol. The van der Waals surface area contributed by atoms with Gasteiger partial charge in [0.25, 0.3) is 5.91 Å². The van der Waals surface area contributed by atoms with E-state index in [9.17, 15) is 13.6 Å². The molecule has 24 heavy (non-hydrogen) atoms. The quantitative estimate of drug-likeness (QED) is 0.925. The number of aromatic nitrogens is 2. The number of ether oxygens (including phenoxy) is 1. The van der Waals surface area contributed by atoms with E-state index in [4.69, 9.17) is 0 Å². The van der Waals surface area contributed by atoms with Crippen molar-refractivity contribution in [2.75, 3.05) is 19.6 Å². The number of benzene rings is 1. The number of alkyl halides is 2. The molecule has 0 spiro atoms. The van der Waals surface area contributed by atoms with Gasteiger partial charge in [0, 0.05) is 44.6 Å². The lowest BCUT2D eigenvalue weighted by molar-refractivity contribution is -0.0499. The lowest BCUT2D eigenvalue weighted by atomic mass is 10.1. The van der Waals surface area contributed by atoms with Crippen LogP contribution in [0, 0.1) is 0 Å². The predicted octanol–water partition coefficient (Wildman–Crippen LogP) is 1.81. The molecule has 1 saturated heterocycles. The van der Waals surface area contributed by atoms with E-state index >= 15 is 0 Å². The van der Waals surface area contributed by atoms with Gasteiger partial charge in [0.15, 0.2) is 0 Å². The summed E-state index contributed by atoms with van der Waals surface area (Å²) < 4.78 is 31.0. The zero-order valence-corrected chi connectivity index (χ0v) is 13.2. The van der Waals surface area contributed by atoms with Crippen molar-refractivity contribution in [2.24, 2.45) is 7.05 Å². The van der Waals surface area contributed by atoms with Crippen LogP contribution in [0.5, 0.6) is 5.75 Å². The largest absolute Gasteiger partial charge is 0.435 e. The minimum atomic E-state index is -2.92. The lowest BCUT2D eigenvalue weighted by Gasteiger charge is -2.35. The van der Waals surface area contributed by atoms with Gasteiger partial charge in [-0.1, -0.05) is 6.07 Å². The van der Waals surface area contributed by atoms with Gasteiger partial charge < -0.3 is 19.5 Å². The third-order valence-corrected chi connectivity index (χ3v) is 3.97. The Morgan fingerprint density at radius 3 is 3.00 bits per heavy atom. The summed E-state index contributed by atoms with van der Waals surface area (Å²) in [4.78, 5) is 18.9. The Balaban J connectivity index is 1.86. The highest BCUT2D eigenvalue weighted by atomic mass is 19.3. The highest BCUT2D eigenvalue weighted by Gasteiger charge is 2.31. The molecule has 1 aliphatic rings. The van der Waals surface area contributed by atoms with Crippen LogP contribution in [0.1, 0.15) is 22.2 Å².